The molecule has 2 aromatic carbocycles. The fourth-order valence-corrected chi connectivity index (χ4v) is 3.15. The Morgan fingerprint density at radius 1 is 1.14 bits per heavy atom. The summed E-state index contributed by atoms with van der Waals surface area (Å²) < 4.78 is 28.6. The molecule has 0 saturated heterocycles. The number of halogens is 2. The van der Waals surface area contributed by atoms with E-state index >= 15 is 0 Å². The van der Waals surface area contributed by atoms with E-state index in [1.807, 2.05) is 0 Å². The minimum Gasteiger partial charge on any atom is -0.293 e. The maximum atomic E-state index is 14.4. The number of aromatic amines is 1. The van der Waals surface area contributed by atoms with Crippen LogP contribution in [0.1, 0.15) is 5.69 Å². The third-order valence-electron chi connectivity index (χ3n) is 4.37. The molecule has 2 heterocycles. The predicted octanol–water partition coefficient (Wildman–Crippen LogP) is 3.85. The van der Waals surface area contributed by atoms with Gasteiger partial charge >= 0.3 is 11.2 Å². The average Bonchev–Trinajstić information content (AvgIpc) is 2.98. The van der Waals surface area contributed by atoms with Crippen molar-refractivity contribution >= 4 is 11.3 Å². The zero-order valence-electron chi connectivity index (χ0n) is 14.4. The van der Waals surface area contributed by atoms with Gasteiger partial charge in [0, 0.05) is 22.9 Å². The fraction of sp³-hybridized carbons (Fsp3) is 0.0526. The van der Waals surface area contributed by atoms with E-state index in [0.717, 1.165) is 16.6 Å². The number of benzene rings is 2. The summed E-state index contributed by atoms with van der Waals surface area (Å²) in [4.78, 5) is 27.9. The van der Waals surface area contributed by atoms with Gasteiger partial charge in [-0.25, -0.2) is 13.8 Å². The van der Waals surface area contributed by atoms with E-state index in [0.29, 0.717) is 11.3 Å². The highest BCUT2D eigenvalue weighted by molar-refractivity contribution is 5.83. The van der Waals surface area contributed by atoms with Crippen LogP contribution in [-0.4, -0.2) is 19.5 Å². The molecule has 0 radical (unpaired) electrons. The molecule has 9 heteroatoms. The maximum absolute atomic E-state index is 14.4. The second-order valence-corrected chi connectivity index (χ2v) is 6.13. The largest absolute Gasteiger partial charge is 0.361 e. The van der Waals surface area contributed by atoms with Gasteiger partial charge in [-0.1, -0.05) is 30.3 Å². The van der Waals surface area contributed by atoms with Gasteiger partial charge in [0.05, 0.1) is 10.5 Å². The first-order chi connectivity index (χ1) is 13.4. The average molecular weight is 382 g/mol. The number of aromatic nitrogens is 3. The Labute approximate surface area is 156 Å². The number of hydrogen-bond donors (Lipinski definition) is 1. The molecule has 0 saturated carbocycles. The molecule has 4 aromatic rings. The van der Waals surface area contributed by atoms with Crippen LogP contribution in [0.3, 0.4) is 0 Å². The van der Waals surface area contributed by atoms with Gasteiger partial charge in [0.15, 0.2) is 11.3 Å². The topological polar surface area (TPSA) is 93.3 Å². The first-order valence-electron chi connectivity index (χ1n) is 8.19. The van der Waals surface area contributed by atoms with Crippen LogP contribution >= 0.6 is 0 Å². The number of fused-ring (bicyclic) bond motifs is 1. The Hall–Kier alpha value is -3.88. The predicted molar refractivity (Wildman–Crippen MR) is 98.0 cm³/mol. The molecule has 0 bridgehead atoms. The molecule has 1 N–H and O–H groups in total. The standard InChI is InChI=1S/C19H12F2N4O3/c1-10-15(13-8-7-12(20)9-14(13)21)18-22-16(11-5-3-2-4-6-11)17(25(27)28)19(26)24(18)23-10/h2-9,23H,1H3. The molecule has 28 heavy (non-hydrogen) atoms. The lowest BCUT2D eigenvalue weighted by molar-refractivity contribution is -0.385. The van der Waals surface area contributed by atoms with Gasteiger partial charge in [-0.15, -0.1) is 0 Å². The summed E-state index contributed by atoms with van der Waals surface area (Å²) in [5.74, 6) is -1.58. The number of aryl methyl sites for hydroxylation is 1. The smallest absolute Gasteiger partial charge is 0.293 e. The van der Waals surface area contributed by atoms with Crippen LogP contribution in [0.5, 0.6) is 0 Å². The van der Waals surface area contributed by atoms with Crippen molar-refractivity contribution < 1.29 is 13.7 Å². The highest BCUT2D eigenvalue weighted by Gasteiger charge is 2.28. The molecule has 2 aromatic heterocycles. The normalized spacial score (nSPS) is 11.1. The Morgan fingerprint density at radius 2 is 1.86 bits per heavy atom. The molecule has 0 amide bonds. The number of hydrogen-bond acceptors (Lipinski definition) is 4. The minimum atomic E-state index is -0.925. The molecule has 0 unspecified atom stereocenters. The lowest BCUT2D eigenvalue weighted by Gasteiger charge is -2.05. The van der Waals surface area contributed by atoms with E-state index in [9.17, 15) is 23.7 Å². The van der Waals surface area contributed by atoms with Crippen molar-refractivity contribution in [2.75, 3.05) is 0 Å². The summed E-state index contributed by atoms with van der Waals surface area (Å²) in [5, 5.41) is 14.2. The van der Waals surface area contributed by atoms with Gasteiger partial charge in [-0.2, -0.15) is 4.52 Å². The number of nitrogens with one attached hydrogen (secondary N) is 1. The van der Waals surface area contributed by atoms with Crippen molar-refractivity contribution in [3.05, 3.63) is 86.3 Å². The second-order valence-electron chi connectivity index (χ2n) is 6.13. The van der Waals surface area contributed by atoms with Gasteiger partial charge in [0.25, 0.3) is 0 Å². The third-order valence-corrected chi connectivity index (χ3v) is 4.37. The molecular formula is C19H12F2N4O3. The molecule has 0 aliphatic heterocycles. The number of nitro groups is 1. The van der Waals surface area contributed by atoms with Crippen LogP contribution in [0, 0.1) is 28.7 Å². The van der Waals surface area contributed by atoms with Gasteiger partial charge in [-0.05, 0) is 19.1 Å². The van der Waals surface area contributed by atoms with Crippen LogP contribution < -0.4 is 5.56 Å². The van der Waals surface area contributed by atoms with Crippen LogP contribution in [0.15, 0.2) is 53.3 Å². The zero-order chi connectivity index (χ0) is 20.0. The summed E-state index contributed by atoms with van der Waals surface area (Å²) in [6.07, 6.45) is 0. The first-order valence-corrected chi connectivity index (χ1v) is 8.19. The van der Waals surface area contributed by atoms with Crippen LogP contribution in [0.2, 0.25) is 0 Å². The summed E-state index contributed by atoms with van der Waals surface area (Å²) in [6, 6.07) is 11.3. The van der Waals surface area contributed by atoms with E-state index < -0.39 is 27.8 Å². The quantitative estimate of drug-likeness (QED) is 0.430. The fourth-order valence-electron chi connectivity index (χ4n) is 3.15. The van der Waals surface area contributed by atoms with Gasteiger partial charge in [0.1, 0.15) is 11.6 Å². The summed E-state index contributed by atoms with van der Waals surface area (Å²) in [5.41, 5.74) is -0.760. The van der Waals surface area contributed by atoms with E-state index in [-0.39, 0.29) is 22.5 Å². The zero-order valence-corrected chi connectivity index (χ0v) is 14.4. The number of H-pyrrole nitrogens is 1. The van der Waals surface area contributed by atoms with Crippen molar-refractivity contribution in [2.24, 2.45) is 0 Å². The van der Waals surface area contributed by atoms with Crippen LogP contribution in [-0.2, 0) is 0 Å². The number of rotatable bonds is 3. The van der Waals surface area contributed by atoms with Crippen molar-refractivity contribution in [3.8, 4) is 22.4 Å². The molecule has 7 nitrogen and oxygen atoms in total. The molecule has 140 valence electrons. The Morgan fingerprint density at radius 3 is 2.50 bits per heavy atom. The monoisotopic (exact) mass is 382 g/mol. The molecule has 0 spiro atoms. The second kappa shape index (κ2) is 6.38. The summed E-state index contributed by atoms with van der Waals surface area (Å²) in [6.45, 7) is 1.57. The minimum absolute atomic E-state index is 0.0115. The molecular weight excluding hydrogens is 370 g/mol. The van der Waals surface area contributed by atoms with E-state index in [1.165, 1.54) is 6.07 Å². The van der Waals surface area contributed by atoms with E-state index in [2.05, 4.69) is 10.1 Å². The highest BCUT2D eigenvalue weighted by Crippen LogP contribution is 2.32. The molecule has 0 aliphatic carbocycles. The Balaban J connectivity index is 2.13. The van der Waals surface area contributed by atoms with Gasteiger partial charge in [-0.3, -0.25) is 20.0 Å². The van der Waals surface area contributed by atoms with E-state index in [1.54, 1.807) is 37.3 Å². The van der Waals surface area contributed by atoms with Crippen molar-refractivity contribution in [1.29, 1.82) is 0 Å². The van der Waals surface area contributed by atoms with E-state index in [4.69, 9.17) is 0 Å². The van der Waals surface area contributed by atoms with Crippen molar-refractivity contribution in [1.82, 2.24) is 14.6 Å². The van der Waals surface area contributed by atoms with Crippen molar-refractivity contribution in [3.63, 3.8) is 0 Å². The molecule has 0 atom stereocenters. The third kappa shape index (κ3) is 2.64. The van der Waals surface area contributed by atoms with Crippen molar-refractivity contribution in [2.45, 2.75) is 6.92 Å². The summed E-state index contributed by atoms with van der Waals surface area (Å²) >= 11 is 0. The summed E-state index contributed by atoms with van der Waals surface area (Å²) in [7, 11) is 0. The Kier molecular flexibility index (Phi) is 3.99. The number of nitrogens with zero attached hydrogens (tertiary/aromatic N) is 3. The SMILES string of the molecule is Cc1[nH]n2c(=O)c([N+](=O)[O-])c(-c3ccccc3)nc2c1-c1ccc(F)cc1F. The first kappa shape index (κ1) is 17.5. The van der Waals surface area contributed by atoms with Crippen LogP contribution in [0.25, 0.3) is 28.0 Å². The van der Waals surface area contributed by atoms with Gasteiger partial charge < -0.3 is 0 Å². The lowest BCUT2D eigenvalue weighted by atomic mass is 10.0. The Bertz CT molecular complexity index is 1300. The maximum Gasteiger partial charge on any atom is 0.361 e. The van der Waals surface area contributed by atoms with Gasteiger partial charge in [0.2, 0.25) is 0 Å². The van der Waals surface area contributed by atoms with Crippen LogP contribution in [0.4, 0.5) is 14.5 Å². The molecule has 0 fully saturated rings. The highest BCUT2D eigenvalue weighted by atomic mass is 19.1. The molecule has 4 rings (SSSR count). The lowest BCUT2D eigenvalue weighted by Crippen LogP contribution is -2.20. The molecule has 0 aliphatic rings.